The molecule has 0 amide bonds. The zero-order chi connectivity index (χ0) is 8.72. The van der Waals surface area contributed by atoms with Gasteiger partial charge in [0.2, 0.25) is 0 Å². The second-order valence-corrected chi connectivity index (χ2v) is 4.04. The van der Waals surface area contributed by atoms with Gasteiger partial charge in [0.1, 0.15) is 4.83 Å². The Bertz CT molecular complexity index is 429. The van der Waals surface area contributed by atoms with Gasteiger partial charge in [-0.3, -0.25) is 0 Å². The van der Waals surface area contributed by atoms with E-state index in [1.54, 1.807) is 11.3 Å². The van der Waals surface area contributed by atoms with Crippen LogP contribution in [0.4, 0.5) is 0 Å². The molecule has 0 saturated heterocycles. The summed E-state index contributed by atoms with van der Waals surface area (Å²) in [5.41, 5.74) is 3.80. The number of fused-ring (bicyclic) bond motifs is 1. The lowest BCUT2D eigenvalue weighted by Crippen LogP contribution is -1.83. The minimum absolute atomic E-state index is 1.11. The molecular weight excluding hydrogens is 166 g/mol. The molecule has 0 radical (unpaired) electrons. The highest BCUT2D eigenvalue weighted by Gasteiger charge is 2.04. The third-order valence-corrected chi connectivity index (χ3v) is 3.04. The highest BCUT2D eigenvalue weighted by atomic mass is 32.1. The second-order valence-electron chi connectivity index (χ2n) is 3.18. The van der Waals surface area contributed by atoms with Gasteiger partial charge in [0.25, 0.3) is 0 Å². The number of rotatable bonds is 0. The number of aryl methyl sites for hydroxylation is 3. The summed E-state index contributed by atoms with van der Waals surface area (Å²) in [6, 6.07) is 2.14. The maximum atomic E-state index is 4.48. The lowest BCUT2D eigenvalue weighted by atomic mass is 10.1. The Hall–Kier alpha value is -0.890. The van der Waals surface area contributed by atoms with Crippen LogP contribution in [0.2, 0.25) is 0 Å². The standard InChI is InChI=1S/C10H11NS/c1-6-4-8(3)11-10-9(6)7(2)5-12-10/h4-5H,1-3H3. The quantitative estimate of drug-likeness (QED) is 0.602. The van der Waals surface area contributed by atoms with Gasteiger partial charge in [-0.25, -0.2) is 4.98 Å². The molecule has 0 aliphatic carbocycles. The molecule has 0 aromatic carbocycles. The number of hydrogen-bond acceptors (Lipinski definition) is 2. The summed E-state index contributed by atoms with van der Waals surface area (Å²) < 4.78 is 0. The highest BCUT2D eigenvalue weighted by Crippen LogP contribution is 2.26. The van der Waals surface area contributed by atoms with Crippen LogP contribution in [0.1, 0.15) is 16.8 Å². The van der Waals surface area contributed by atoms with Crippen molar-refractivity contribution in [3.05, 3.63) is 28.3 Å². The van der Waals surface area contributed by atoms with Crippen LogP contribution in [0.5, 0.6) is 0 Å². The number of nitrogens with zero attached hydrogens (tertiary/aromatic N) is 1. The van der Waals surface area contributed by atoms with E-state index in [0.717, 1.165) is 5.69 Å². The molecule has 2 aromatic rings. The molecular formula is C10H11NS. The van der Waals surface area contributed by atoms with E-state index in [1.165, 1.54) is 21.3 Å². The van der Waals surface area contributed by atoms with E-state index in [2.05, 4.69) is 30.3 Å². The average molecular weight is 177 g/mol. The Morgan fingerprint density at radius 2 is 1.92 bits per heavy atom. The van der Waals surface area contributed by atoms with Gasteiger partial charge in [-0.1, -0.05) is 0 Å². The average Bonchev–Trinajstić information content (AvgIpc) is 2.31. The van der Waals surface area contributed by atoms with Crippen LogP contribution in [-0.2, 0) is 0 Å². The summed E-state index contributed by atoms with van der Waals surface area (Å²) in [5, 5.41) is 3.51. The summed E-state index contributed by atoms with van der Waals surface area (Å²) >= 11 is 1.73. The molecule has 0 atom stereocenters. The molecule has 0 bridgehead atoms. The van der Waals surface area contributed by atoms with Crippen molar-refractivity contribution in [1.29, 1.82) is 0 Å². The maximum Gasteiger partial charge on any atom is 0.124 e. The molecule has 0 spiro atoms. The lowest BCUT2D eigenvalue weighted by molar-refractivity contribution is 1.24. The molecule has 2 heteroatoms. The molecule has 0 fully saturated rings. The van der Waals surface area contributed by atoms with Crippen LogP contribution in [-0.4, -0.2) is 4.98 Å². The molecule has 2 heterocycles. The summed E-state index contributed by atoms with van der Waals surface area (Å²) in [5.74, 6) is 0. The predicted octanol–water partition coefficient (Wildman–Crippen LogP) is 3.22. The van der Waals surface area contributed by atoms with Gasteiger partial charge in [-0.15, -0.1) is 11.3 Å². The first-order valence-corrected chi connectivity index (χ1v) is 4.88. The van der Waals surface area contributed by atoms with E-state index in [9.17, 15) is 0 Å². The summed E-state index contributed by atoms with van der Waals surface area (Å²) in [6.07, 6.45) is 0. The predicted molar refractivity (Wildman–Crippen MR) is 53.8 cm³/mol. The Balaban J connectivity index is 2.93. The topological polar surface area (TPSA) is 12.9 Å². The van der Waals surface area contributed by atoms with Gasteiger partial charge in [-0.2, -0.15) is 0 Å². The largest absolute Gasteiger partial charge is 0.242 e. The fraction of sp³-hybridized carbons (Fsp3) is 0.300. The molecule has 0 aliphatic heterocycles. The number of aromatic nitrogens is 1. The molecule has 0 N–H and O–H groups in total. The van der Waals surface area contributed by atoms with E-state index < -0.39 is 0 Å². The molecule has 0 unspecified atom stereocenters. The van der Waals surface area contributed by atoms with Gasteiger partial charge < -0.3 is 0 Å². The first-order chi connectivity index (χ1) is 5.68. The molecule has 12 heavy (non-hydrogen) atoms. The number of thiophene rings is 1. The molecule has 1 nitrogen and oxygen atoms in total. The normalized spacial score (nSPS) is 10.9. The third-order valence-electron chi connectivity index (χ3n) is 2.05. The third kappa shape index (κ3) is 1.03. The Kier molecular flexibility index (Phi) is 1.65. The van der Waals surface area contributed by atoms with Crippen LogP contribution in [0.15, 0.2) is 11.4 Å². The van der Waals surface area contributed by atoms with E-state index >= 15 is 0 Å². The van der Waals surface area contributed by atoms with Crippen LogP contribution >= 0.6 is 11.3 Å². The molecule has 2 aromatic heterocycles. The van der Waals surface area contributed by atoms with Crippen molar-refractivity contribution in [3.8, 4) is 0 Å². The fourth-order valence-corrected chi connectivity index (χ4v) is 2.61. The van der Waals surface area contributed by atoms with Gasteiger partial charge in [0, 0.05) is 11.1 Å². The van der Waals surface area contributed by atoms with Crippen LogP contribution in [0.3, 0.4) is 0 Å². The van der Waals surface area contributed by atoms with Crippen molar-refractivity contribution < 1.29 is 0 Å². The van der Waals surface area contributed by atoms with Crippen molar-refractivity contribution in [1.82, 2.24) is 4.98 Å². The summed E-state index contributed by atoms with van der Waals surface area (Å²) in [7, 11) is 0. The van der Waals surface area contributed by atoms with Crippen LogP contribution in [0, 0.1) is 20.8 Å². The van der Waals surface area contributed by atoms with Crippen molar-refractivity contribution in [2.75, 3.05) is 0 Å². The van der Waals surface area contributed by atoms with Crippen molar-refractivity contribution in [3.63, 3.8) is 0 Å². The van der Waals surface area contributed by atoms with Crippen molar-refractivity contribution in [2.24, 2.45) is 0 Å². The molecule has 2 rings (SSSR count). The van der Waals surface area contributed by atoms with Crippen LogP contribution in [0.25, 0.3) is 10.2 Å². The second kappa shape index (κ2) is 2.56. The van der Waals surface area contributed by atoms with Crippen LogP contribution < -0.4 is 0 Å². The smallest absolute Gasteiger partial charge is 0.124 e. The van der Waals surface area contributed by atoms with Gasteiger partial charge in [0.15, 0.2) is 0 Å². The fourth-order valence-electron chi connectivity index (χ4n) is 1.57. The number of hydrogen-bond donors (Lipinski definition) is 0. The van der Waals surface area contributed by atoms with Gasteiger partial charge in [-0.05, 0) is 43.3 Å². The monoisotopic (exact) mass is 177 g/mol. The summed E-state index contributed by atoms with van der Waals surface area (Å²) in [6.45, 7) is 6.33. The van der Waals surface area contributed by atoms with E-state index in [4.69, 9.17) is 0 Å². The first kappa shape index (κ1) is 7.74. The van der Waals surface area contributed by atoms with Crippen molar-refractivity contribution >= 4 is 21.6 Å². The SMILES string of the molecule is Cc1cc(C)c2c(C)csc2n1. The van der Waals surface area contributed by atoms with E-state index in [1.807, 2.05) is 6.92 Å². The van der Waals surface area contributed by atoms with Crippen molar-refractivity contribution in [2.45, 2.75) is 20.8 Å². The zero-order valence-electron chi connectivity index (χ0n) is 7.51. The van der Waals surface area contributed by atoms with Gasteiger partial charge in [0.05, 0.1) is 0 Å². The van der Waals surface area contributed by atoms with Gasteiger partial charge >= 0.3 is 0 Å². The maximum absolute atomic E-state index is 4.48. The number of pyridine rings is 1. The summed E-state index contributed by atoms with van der Waals surface area (Å²) in [4.78, 5) is 5.65. The first-order valence-electron chi connectivity index (χ1n) is 4.00. The molecule has 0 saturated carbocycles. The zero-order valence-corrected chi connectivity index (χ0v) is 8.33. The lowest BCUT2D eigenvalue weighted by Gasteiger charge is -1.98. The molecule has 0 aliphatic rings. The molecule has 62 valence electrons. The Morgan fingerprint density at radius 1 is 1.17 bits per heavy atom. The minimum atomic E-state index is 1.11. The Morgan fingerprint density at radius 3 is 2.67 bits per heavy atom. The highest BCUT2D eigenvalue weighted by molar-refractivity contribution is 7.16. The van der Waals surface area contributed by atoms with E-state index in [0.29, 0.717) is 0 Å². The van der Waals surface area contributed by atoms with E-state index in [-0.39, 0.29) is 0 Å². The Labute approximate surface area is 76.1 Å². The minimum Gasteiger partial charge on any atom is -0.242 e.